The van der Waals surface area contributed by atoms with Crippen molar-refractivity contribution >= 4 is 17.9 Å². The summed E-state index contributed by atoms with van der Waals surface area (Å²) in [5, 5.41) is 0. The molecule has 0 aliphatic carbocycles. The molecule has 0 rings (SSSR count). The maximum Gasteiger partial charge on any atom is 0.306 e. The highest BCUT2D eigenvalue weighted by molar-refractivity contribution is 5.71. The van der Waals surface area contributed by atoms with Crippen LogP contribution in [-0.2, 0) is 28.6 Å². The van der Waals surface area contributed by atoms with Crippen molar-refractivity contribution in [2.75, 3.05) is 13.2 Å². The fourth-order valence-electron chi connectivity index (χ4n) is 10.4. The van der Waals surface area contributed by atoms with Crippen molar-refractivity contribution in [3.63, 3.8) is 0 Å². The van der Waals surface area contributed by atoms with Gasteiger partial charge in [-0.1, -0.05) is 343 Å². The average molecular weight is 1140 g/mol. The first-order valence-electron chi connectivity index (χ1n) is 35.6. The highest BCUT2D eigenvalue weighted by atomic mass is 16.6. The Labute approximate surface area is 509 Å². The minimum atomic E-state index is -0.821. The number of rotatable bonds is 65. The summed E-state index contributed by atoms with van der Waals surface area (Å²) < 4.78 is 16.9. The number of esters is 3. The molecule has 0 aromatic carbocycles. The topological polar surface area (TPSA) is 78.9 Å². The fraction of sp³-hybridized carbons (Fsp3) is 0.776. The Balaban J connectivity index is 4.18. The summed E-state index contributed by atoms with van der Waals surface area (Å²) in [6.07, 6.45) is 93.7. The molecule has 0 aromatic rings. The molecule has 1 atom stereocenters. The zero-order valence-corrected chi connectivity index (χ0v) is 54.5. The molecule has 0 radical (unpaired) electrons. The lowest BCUT2D eigenvalue weighted by Crippen LogP contribution is -2.30. The van der Waals surface area contributed by atoms with Crippen LogP contribution in [0.5, 0.6) is 0 Å². The molecule has 6 nitrogen and oxygen atoms in total. The van der Waals surface area contributed by atoms with Gasteiger partial charge in [0, 0.05) is 19.3 Å². The Morgan fingerprint density at radius 2 is 0.500 bits per heavy atom. The van der Waals surface area contributed by atoms with Crippen molar-refractivity contribution in [2.45, 2.75) is 367 Å². The molecule has 1 unspecified atom stereocenters. The molecule has 6 heteroatoms. The second-order valence-corrected chi connectivity index (χ2v) is 23.8. The number of hydrogen-bond donors (Lipinski definition) is 0. The van der Waals surface area contributed by atoms with E-state index in [0.717, 1.165) is 89.9 Å². The van der Waals surface area contributed by atoms with Gasteiger partial charge in [0.05, 0.1) is 0 Å². The van der Waals surface area contributed by atoms with Gasteiger partial charge in [-0.05, 0) is 83.5 Å². The van der Waals surface area contributed by atoms with Crippen molar-refractivity contribution in [2.24, 2.45) is 0 Å². The zero-order valence-electron chi connectivity index (χ0n) is 54.5. The molecule has 0 amide bonds. The van der Waals surface area contributed by atoms with Crippen molar-refractivity contribution in [1.82, 2.24) is 0 Å². The maximum absolute atomic E-state index is 12.9. The van der Waals surface area contributed by atoms with E-state index in [2.05, 4.69) is 99.8 Å². The molecule has 0 N–H and O–H groups in total. The molecule has 82 heavy (non-hydrogen) atoms. The second kappa shape index (κ2) is 70.1. The summed E-state index contributed by atoms with van der Waals surface area (Å²) in [5.41, 5.74) is 0. The minimum Gasteiger partial charge on any atom is -0.462 e. The number of unbranched alkanes of at least 4 members (excludes halogenated alkanes) is 40. The third-order valence-corrected chi connectivity index (χ3v) is 15.6. The first-order chi connectivity index (χ1) is 40.5. The van der Waals surface area contributed by atoms with Crippen LogP contribution in [0.15, 0.2) is 85.1 Å². The van der Waals surface area contributed by atoms with E-state index in [-0.39, 0.29) is 37.5 Å². The Morgan fingerprint density at radius 3 is 0.817 bits per heavy atom. The normalized spacial score (nSPS) is 12.6. The Bertz CT molecular complexity index is 1550. The van der Waals surface area contributed by atoms with Gasteiger partial charge in [0.1, 0.15) is 13.2 Å². The molecule has 0 aromatic heterocycles. The predicted octanol–water partition coefficient (Wildman–Crippen LogP) is 24.6. The van der Waals surface area contributed by atoms with Gasteiger partial charge in [-0.3, -0.25) is 14.4 Å². The molecule has 474 valence electrons. The van der Waals surface area contributed by atoms with Crippen LogP contribution >= 0.6 is 0 Å². The van der Waals surface area contributed by atoms with Crippen LogP contribution in [0, 0.1) is 0 Å². The van der Waals surface area contributed by atoms with Gasteiger partial charge >= 0.3 is 17.9 Å². The highest BCUT2D eigenvalue weighted by Gasteiger charge is 2.19. The SMILES string of the molecule is CC/C=C\C/C=C\C/C=C\C/C=C\C/C=C\C/C=C\CCC(=O)OC(COC(=O)CCCCCCC/C=C\CCCCC)COC(=O)CCCCCCCCCCCCCCCCCCCCCCCCCCCCCCCCCCC. The van der Waals surface area contributed by atoms with E-state index < -0.39 is 6.10 Å². The van der Waals surface area contributed by atoms with Crippen LogP contribution in [-0.4, -0.2) is 37.2 Å². The van der Waals surface area contributed by atoms with Crippen molar-refractivity contribution < 1.29 is 28.6 Å². The summed E-state index contributed by atoms with van der Waals surface area (Å²) in [7, 11) is 0. The fourth-order valence-corrected chi connectivity index (χ4v) is 10.4. The largest absolute Gasteiger partial charge is 0.462 e. The van der Waals surface area contributed by atoms with Crippen LogP contribution in [0.25, 0.3) is 0 Å². The Kier molecular flexibility index (Phi) is 67.2. The molecule has 0 spiro atoms. The van der Waals surface area contributed by atoms with Crippen LogP contribution in [0.4, 0.5) is 0 Å². The van der Waals surface area contributed by atoms with E-state index in [1.54, 1.807) is 0 Å². The van der Waals surface area contributed by atoms with Gasteiger partial charge in [-0.15, -0.1) is 0 Å². The smallest absolute Gasteiger partial charge is 0.306 e. The number of allylic oxidation sites excluding steroid dienone is 14. The molecular weight excluding hydrogens is 1010 g/mol. The second-order valence-electron chi connectivity index (χ2n) is 23.8. The lowest BCUT2D eigenvalue weighted by atomic mass is 10.0. The molecule has 0 aliphatic rings. The quantitative estimate of drug-likeness (QED) is 0.0261. The number of ether oxygens (including phenoxy) is 3. The van der Waals surface area contributed by atoms with Gasteiger partial charge in [-0.2, -0.15) is 0 Å². The average Bonchev–Trinajstić information content (AvgIpc) is 3.47. The van der Waals surface area contributed by atoms with Crippen LogP contribution in [0.2, 0.25) is 0 Å². The minimum absolute atomic E-state index is 0.107. The monoisotopic (exact) mass is 1140 g/mol. The maximum atomic E-state index is 12.9. The van der Waals surface area contributed by atoms with E-state index in [9.17, 15) is 14.4 Å². The third-order valence-electron chi connectivity index (χ3n) is 15.6. The van der Waals surface area contributed by atoms with Gasteiger partial charge in [0.15, 0.2) is 6.10 Å². The zero-order chi connectivity index (χ0) is 59.2. The Hall–Kier alpha value is -3.41. The standard InChI is InChI=1S/C76H134O6/c1-4-7-10-13-16-19-22-25-27-29-31-32-33-34-35-36-37-38-39-40-41-42-43-44-46-47-49-51-54-57-60-63-66-69-75(78)81-72-73(71-80-74(77)68-65-62-59-56-53-24-21-18-15-12-9-6-3)82-76(79)70-67-64-61-58-55-52-50-48-45-30-28-26-23-20-17-14-11-8-5-2/h8,11,17-18,20-21,26,28,45,48,52,55,61,64,73H,4-7,9-10,12-16,19,22-25,27,29-44,46-47,49-51,53-54,56-60,62-63,65-72H2,1-3H3/b11-8-,20-17-,21-18-,28-26-,48-45-,55-52-,64-61-. The molecular formula is C76H134O6. The van der Waals surface area contributed by atoms with Gasteiger partial charge < -0.3 is 14.2 Å². The molecule has 0 saturated carbocycles. The lowest BCUT2D eigenvalue weighted by molar-refractivity contribution is -0.166. The van der Waals surface area contributed by atoms with Crippen LogP contribution in [0.1, 0.15) is 361 Å². The molecule has 0 bridgehead atoms. The van der Waals surface area contributed by atoms with Gasteiger partial charge in [-0.25, -0.2) is 0 Å². The summed E-state index contributed by atoms with van der Waals surface area (Å²) in [6.45, 7) is 6.48. The summed E-state index contributed by atoms with van der Waals surface area (Å²) in [5.74, 6) is -0.987. The van der Waals surface area contributed by atoms with Crippen molar-refractivity contribution in [1.29, 1.82) is 0 Å². The van der Waals surface area contributed by atoms with Crippen molar-refractivity contribution in [3.05, 3.63) is 85.1 Å². The predicted molar refractivity (Wildman–Crippen MR) is 358 cm³/mol. The molecule has 0 fully saturated rings. The van der Waals surface area contributed by atoms with Gasteiger partial charge in [0.2, 0.25) is 0 Å². The third kappa shape index (κ3) is 67.4. The molecule has 0 heterocycles. The van der Waals surface area contributed by atoms with E-state index in [1.165, 1.54) is 225 Å². The Morgan fingerprint density at radius 1 is 0.256 bits per heavy atom. The lowest BCUT2D eigenvalue weighted by Gasteiger charge is -2.18. The number of hydrogen-bond acceptors (Lipinski definition) is 6. The van der Waals surface area contributed by atoms with Crippen LogP contribution in [0.3, 0.4) is 0 Å². The highest BCUT2D eigenvalue weighted by Crippen LogP contribution is 2.18. The molecule has 0 aliphatic heterocycles. The number of carbonyl (C=O) groups is 3. The van der Waals surface area contributed by atoms with E-state index in [0.29, 0.717) is 19.3 Å². The van der Waals surface area contributed by atoms with E-state index >= 15 is 0 Å². The first kappa shape index (κ1) is 78.6. The summed E-state index contributed by atoms with van der Waals surface area (Å²) >= 11 is 0. The number of carbonyl (C=O) groups excluding carboxylic acids is 3. The van der Waals surface area contributed by atoms with E-state index in [4.69, 9.17) is 14.2 Å². The summed E-state index contributed by atoms with van der Waals surface area (Å²) in [4.78, 5) is 38.3. The summed E-state index contributed by atoms with van der Waals surface area (Å²) in [6, 6.07) is 0. The first-order valence-corrected chi connectivity index (χ1v) is 35.6. The van der Waals surface area contributed by atoms with Crippen LogP contribution < -0.4 is 0 Å². The molecule has 0 saturated heterocycles. The van der Waals surface area contributed by atoms with Crippen molar-refractivity contribution in [3.8, 4) is 0 Å². The van der Waals surface area contributed by atoms with Gasteiger partial charge in [0.25, 0.3) is 0 Å². The van der Waals surface area contributed by atoms with E-state index in [1.807, 2.05) is 6.08 Å².